The van der Waals surface area contributed by atoms with Crippen LogP contribution in [-0.2, 0) is 9.59 Å². The maximum atomic E-state index is 12.1. The van der Waals surface area contributed by atoms with Gasteiger partial charge in [0.2, 0.25) is 0 Å². The fourth-order valence-electron chi connectivity index (χ4n) is 2.22. The second-order valence-corrected chi connectivity index (χ2v) is 5.00. The van der Waals surface area contributed by atoms with Gasteiger partial charge in [0, 0.05) is 6.20 Å². The quantitative estimate of drug-likeness (QED) is 0.431. The van der Waals surface area contributed by atoms with E-state index in [9.17, 15) is 9.59 Å². The van der Waals surface area contributed by atoms with Crippen molar-refractivity contribution >= 4 is 23.3 Å². The van der Waals surface area contributed by atoms with E-state index in [4.69, 9.17) is 10.1 Å². The number of anilines is 1. The van der Waals surface area contributed by atoms with Crippen molar-refractivity contribution in [3.8, 4) is 5.75 Å². The first-order chi connectivity index (χ1) is 11.6. The molecule has 8 heteroatoms. The highest BCUT2D eigenvalue weighted by atomic mass is 16.5. The van der Waals surface area contributed by atoms with Crippen LogP contribution in [-0.4, -0.2) is 35.8 Å². The van der Waals surface area contributed by atoms with E-state index in [2.05, 4.69) is 15.8 Å². The summed E-state index contributed by atoms with van der Waals surface area (Å²) in [5.74, 6) is -0.249. The molecule has 0 aliphatic carbocycles. The third kappa shape index (κ3) is 3.32. The van der Waals surface area contributed by atoms with E-state index in [-0.39, 0.29) is 24.9 Å². The molecule has 0 saturated carbocycles. The number of carbonyl (C=O) groups excluding carboxylic acids is 2. The number of pyridine rings is 1. The number of hydrazine groups is 1. The minimum atomic E-state index is -0.458. The number of amidine groups is 1. The molecule has 2 amide bonds. The summed E-state index contributed by atoms with van der Waals surface area (Å²) in [6.45, 7) is -0.289. The third-order valence-corrected chi connectivity index (χ3v) is 3.36. The monoisotopic (exact) mass is 325 g/mol. The molecule has 24 heavy (non-hydrogen) atoms. The number of rotatable bonds is 3. The Morgan fingerprint density at radius 1 is 1.21 bits per heavy atom. The van der Waals surface area contributed by atoms with Crippen LogP contribution in [0.25, 0.3) is 0 Å². The predicted octanol–water partition coefficient (Wildman–Crippen LogP) is 0.453. The first-order valence-corrected chi connectivity index (χ1v) is 7.22. The van der Waals surface area contributed by atoms with Crippen molar-refractivity contribution in [3.05, 3.63) is 54.4 Å². The number of nitrogens with zero attached hydrogens (tertiary/aromatic N) is 2. The van der Waals surface area contributed by atoms with Gasteiger partial charge < -0.3 is 4.74 Å². The molecule has 0 spiro atoms. The van der Waals surface area contributed by atoms with Crippen molar-refractivity contribution in [2.24, 2.45) is 0 Å². The van der Waals surface area contributed by atoms with Gasteiger partial charge in [0.15, 0.2) is 12.4 Å². The molecule has 0 unspecified atom stereocenters. The zero-order chi connectivity index (χ0) is 16.9. The number of ether oxygens (including phenoxy) is 1. The molecule has 1 aromatic carbocycles. The van der Waals surface area contributed by atoms with Crippen molar-refractivity contribution in [1.82, 2.24) is 15.8 Å². The number of amides is 2. The SMILES string of the molecule is N=C(NNC(=O)CN1C(=O)COc2ccccc21)c1ccccn1. The maximum absolute atomic E-state index is 12.1. The Bertz CT molecular complexity index is 778. The van der Waals surface area contributed by atoms with Crippen LogP contribution in [0.5, 0.6) is 5.75 Å². The molecule has 2 heterocycles. The number of hydrogen-bond donors (Lipinski definition) is 3. The number of nitrogens with one attached hydrogen (secondary N) is 3. The van der Waals surface area contributed by atoms with Crippen LogP contribution in [0.1, 0.15) is 5.69 Å². The van der Waals surface area contributed by atoms with Crippen LogP contribution < -0.4 is 20.5 Å². The smallest absolute Gasteiger partial charge is 0.265 e. The highest BCUT2D eigenvalue weighted by Crippen LogP contribution is 2.30. The highest BCUT2D eigenvalue weighted by molar-refractivity contribution is 6.02. The molecule has 3 rings (SSSR count). The normalized spacial score (nSPS) is 12.8. The van der Waals surface area contributed by atoms with Gasteiger partial charge in [-0.3, -0.25) is 35.7 Å². The summed E-state index contributed by atoms with van der Waals surface area (Å²) in [7, 11) is 0. The van der Waals surface area contributed by atoms with Gasteiger partial charge in [-0.1, -0.05) is 18.2 Å². The Labute approximate surface area is 137 Å². The standard InChI is InChI=1S/C16H15N5O3/c17-16(11-5-3-4-8-18-11)20-19-14(22)9-21-12-6-1-2-7-13(12)24-10-15(21)23/h1-8H,9-10H2,(H2,17,20)(H,19,22). The summed E-state index contributed by atoms with van der Waals surface area (Å²) in [5.41, 5.74) is 5.81. The Morgan fingerprint density at radius 2 is 2.00 bits per heavy atom. The first kappa shape index (κ1) is 15.5. The van der Waals surface area contributed by atoms with Gasteiger partial charge in [-0.2, -0.15) is 0 Å². The molecule has 2 aromatic rings. The van der Waals surface area contributed by atoms with Crippen molar-refractivity contribution < 1.29 is 14.3 Å². The molecule has 0 bridgehead atoms. The van der Waals surface area contributed by atoms with Crippen LogP contribution in [0.4, 0.5) is 5.69 Å². The van der Waals surface area contributed by atoms with Crippen molar-refractivity contribution in [1.29, 1.82) is 5.41 Å². The van der Waals surface area contributed by atoms with Crippen molar-refractivity contribution in [2.45, 2.75) is 0 Å². The van der Waals surface area contributed by atoms with E-state index < -0.39 is 5.91 Å². The highest BCUT2D eigenvalue weighted by Gasteiger charge is 2.26. The topological polar surface area (TPSA) is 107 Å². The minimum Gasteiger partial charge on any atom is -0.482 e. The van der Waals surface area contributed by atoms with Crippen LogP contribution in [0.15, 0.2) is 48.7 Å². The lowest BCUT2D eigenvalue weighted by molar-refractivity contribution is -0.125. The van der Waals surface area contributed by atoms with Gasteiger partial charge >= 0.3 is 0 Å². The number of para-hydroxylation sites is 2. The van der Waals surface area contributed by atoms with E-state index in [1.165, 1.54) is 4.90 Å². The summed E-state index contributed by atoms with van der Waals surface area (Å²) in [4.78, 5) is 29.4. The van der Waals surface area contributed by atoms with Gasteiger partial charge in [-0.25, -0.2) is 0 Å². The largest absolute Gasteiger partial charge is 0.482 e. The molecule has 1 aliphatic rings. The molecule has 1 aromatic heterocycles. The molecule has 3 N–H and O–H groups in total. The van der Waals surface area contributed by atoms with Gasteiger partial charge in [0.25, 0.3) is 11.8 Å². The Kier molecular flexibility index (Phi) is 4.37. The summed E-state index contributed by atoms with van der Waals surface area (Å²) >= 11 is 0. The van der Waals surface area contributed by atoms with Crippen LogP contribution in [0, 0.1) is 5.41 Å². The lowest BCUT2D eigenvalue weighted by atomic mass is 10.2. The molecule has 0 radical (unpaired) electrons. The summed E-state index contributed by atoms with van der Waals surface area (Å²) < 4.78 is 5.32. The molecule has 0 atom stereocenters. The predicted molar refractivity (Wildman–Crippen MR) is 86.6 cm³/mol. The molecular weight excluding hydrogens is 310 g/mol. The van der Waals surface area contributed by atoms with Crippen LogP contribution in [0.2, 0.25) is 0 Å². The lowest BCUT2D eigenvalue weighted by Crippen LogP contribution is -2.49. The zero-order valence-electron chi connectivity index (χ0n) is 12.7. The average molecular weight is 325 g/mol. The average Bonchev–Trinajstić information content (AvgIpc) is 2.63. The van der Waals surface area contributed by atoms with Gasteiger partial charge in [-0.15, -0.1) is 0 Å². The molecule has 0 saturated heterocycles. The van der Waals surface area contributed by atoms with Gasteiger partial charge in [-0.05, 0) is 24.3 Å². The fraction of sp³-hybridized carbons (Fsp3) is 0.125. The summed E-state index contributed by atoms with van der Waals surface area (Å²) in [5, 5.41) is 7.81. The van der Waals surface area contributed by atoms with Crippen LogP contribution in [0.3, 0.4) is 0 Å². The fourth-order valence-corrected chi connectivity index (χ4v) is 2.22. The molecule has 1 aliphatic heterocycles. The van der Waals surface area contributed by atoms with E-state index in [0.29, 0.717) is 17.1 Å². The van der Waals surface area contributed by atoms with E-state index in [1.807, 2.05) is 0 Å². The van der Waals surface area contributed by atoms with Crippen molar-refractivity contribution in [2.75, 3.05) is 18.1 Å². The van der Waals surface area contributed by atoms with E-state index in [0.717, 1.165) is 0 Å². The second-order valence-electron chi connectivity index (χ2n) is 5.00. The number of fused-ring (bicyclic) bond motifs is 1. The zero-order valence-corrected chi connectivity index (χ0v) is 12.7. The molecular formula is C16H15N5O3. The number of carbonyl (C=O) groups is 2. The Balaban J connectivity index is 1.61. The summed E-state index contributed by atoms with van der Waals surface area (Å²) in [6.07, 6.45) is 1.55. The van der Waals surface area contributed by atoms with Crippen molar-refractivity contribution in [3.63, 3.8) is 0 Å². The Hall–Kier alpha value is -3.42. The third-order valence-electron chi connectivity index (χ3n) is 3.36. The maximum Gasteiger partial charge on any atom is 0.265 e. The van der Waals surface area contributed by atoms with Gasteiger partial charge in [0.1, 0.15) is 18.0 Å². The van der Waals surface area contributed by atoms with E-state index >= 15 is 0 Å². The van der Waals surface area contributed by atoms with Gasteiger partial charge in [0.05, 0.1) is 5.69 Å². The number of aromatic nitrogens is 1. The molecule has 0 fully saturated rings. The summed E-state index contributed by atoms with van der Waals surface area (Å²) in [6, 6.07) is 12.1. The second kappa shape index (κ2) is 6.78. The minimum absolute atomic E-state index is 0.0438. The number of benzene rings is 1. The first-order valence-electron chi connectivity index (χ1n) is 7.22. The van der Waals surface area contributed by atoms with Crippen LogP contribution >= 0.6 is 0 Å². The number of hydrogen-bond acceptors (Lipinski definition) is 5. The Morgan fingerprint density at radius 3 is 2.79 bits per heavy atom. The van der Waals surface area contributed by atoms with E-state index in [1.54, 1.807) is 48.7 Å². The lowest BCUT2D eigenvalue weighted by Gasteiger charge is -2.28. The molecule has 122 valence electrons. The molecule has 8 nitrogen and oxygen atoms in total.